The molecule has 0 amide bonds. The molecule has 0 heterocycles. The summed E-state index contributed by atoms with van der Waals surface area (Å²) < 4.78 is 0. The number of hydrogen-bond acceptors (Lipinski definition) is 0. The molecule has 0 N–H and O–H groups in total. The monoisotopic (exact) mass is 180 g/mol. The zero-order chi connectivity index (χ0) is 9.47. The Hall–Kier alpha value is 0. The van der Waals surface area contributed by atoms with Crippen molar-refractivity contribution in [1.82, 2.24) is 0 Å². The summed E-state index contributed by atoms with van der Waals surface area (Å²) in [5.41, 5.74) is 0.661. The van der Waals surface area contributed by atoms with Crippen LogP contribution in [-0.4, -0.2) is 0 Å². The van der Waals surface area contributed by atoms with Crippen LogP contribution in [0.4, 0.5) is 0 Å². The van der Waals surface area contributed by atoms with E-state index in [1.807, 2.05) is 0 Å². The third kappa shape index (κ3) is 1.78. The predicted octanol–water partition coefficient (Wildman–Crippen LogP) is 4.25. The lowest BCUT2D eigenvalue weighted by Gasteiger charge is -2.29. The Morgan fingerprint density at radius 1 is 0.923 bits per heavy atom. The first-order valence-corrected chi connectivity index (χ1v) is 6.09. The van der Waals surface area contributed by atoms with Gasteiger partial charge in [0.1, 0.15) is 0 Å². The first-order chi connectivity index (χ1) is 6.09. The summed E-state index contributed by atoms with van der Waals surface area (Å²) >= 11 is 0. The van der Waals surface area contributed by atoms with E-state index in [4.69, 9.17) is 0 Å². The zero-order valence-electron chi connectivity index (χ0n) is 9.47. The maximum atomic E-state index is 2.49. The van der Waals surface area contributed by atoms with Crippen LogP contribution in [0.2, 0.25) is 0 Å². The predicted molar refractivity (Wildman–Crippen MR) is 57.6 cm³/mol. The maximum absolute atomic E-state index is 2.49. The fourth-order valence-electron chi connectivity index (χ4n) is 3.66. The normalized spacial score (nSPS) is 44.1. The van der Waals surface area contributed by atoms with E-state index in [-0.39, 0.29) is 0 Å². The van der Waals surface area contributed by atoms with E-state index in [1.165, 1.54) is 38.5 Å². The average molecular weight is 180 g/mol. The molecule has 2 aliphatic carbocycles. The van der Waals surface area contributed by atoms with Crippen LogP contribution in [0.25, 0.3) is 0 Å². The van der Waals surface area contributed by atoms with Crippen molar-refractivity contribution in [1.29, 1.82) is 0 Å². The van der Waals surface area contributed by atoms with Crippen molar-refractivity contribution in [3.8, 4) is 0 Å². The van der Waals surface area contributed by atoms with Crippen LogP contribution in [-0.2, 0) is 0 Å². The molecule has 0 aromatic carbocycles. The second-order valence-electron chi connectivity index (χ2n) is 6.15. The summed E-state index contributed by atoms with van der Waals surface area (Å²) in [5.74, 6) is 3.14. The molecule has 2 rings (SSSR count). The Balaban J connectivity index is 2.07. The smallest absolute Gasteiger partial charge is 0.0323 e. The standard InChI is InChI=1S/C13H24/c1-10-4-6-11-8-9-13(2,3)12(11)7-5-10/h10-12H,4-9H2,1-3H3. The molecule has 0 aliphatic heterocycles. The van der Waals surface area contributed by atoms with E-state index in [9.17, 15) is 0 Å². The van der Waals surface area contributed by atoms with Gasteiger partial charge < -0.3 is 0 Å². The minimum Gasteiger partial charge on any atom is -0.0625 e. The van der Waals surface area contributed by atoms with E-state index >= 15 is 0 Å². The van der Waals surface area contributed by atoms with Crippen LogP contribution < -0.4 is 0 Å². The van der Waals surface area contributed by atoms with Crippen molar-refractivity contribution in [2.24, 2.45) is 23.2 Å². The highest BCUT2D eigenvalue weighted by atomic mass is 14.5. The van der Waals surface area contributed by atoms with Gasteiger partial charge in [-0.15, -0.1) is 0 Å². The summed E-state index contributed by atoms with van der Waals surface area (Å²) in [7, 11) is 0. The molecule has 0 nitrogen and oxygen atoms in total. The first-order valence-electron chi connectivity index (χ1n) is 6.09. The molecule has 0 bridgehead atoms. The molecule has 2 saturated carbocycles. The third-order valence-electron chi connectivity index (χ3n) is 4.73. The first kappa shape index (κ1) is 9.55. The fraction of sp³-hybridized carbons (Fsp3) is 1.00. The minimum absolute atomic E-state index is 0.661. The maximum Gasteiger partial charge on any atom is -0.0323 e. The summed E-state index contributed by atoms with van der Waals surface area (Å²) in [6, 6.07) is 0. The molecular weight excluding hydrogens is 156 g/mol. The highest BCUT2D eigenvalue weighted by Crippen LogP contribution is 2.52. The van der Waals surface area contributed by atoms with Gasteiger partial charge in [-0.1, -0.05) is 33.6 Å². The molecule has 2 aliphatic rings. The molecule has 0 aromatic rings. The molecule has 2 fully saturated rings. The molecule has 0 aromatic heterocycles. The third-order valence-corrected chi connectivity index (χ3v) is 4.73. The van der Waals surface area contributed by atoms with Gasteiger partial charge in [0, 0.05) is 0 Å². The lowest BCUT2D eigenvalue weighted by Crippen LogP contribution is -2.21. The van der Waals surface area contributed by atoms with E-state index < -0.39 is 0 Å². The van der Waals surface area contributed by atoms with E-state index in [0.717, 1.165) is 17.8 Å². The highest BCUT2D eigenvalue weighted by molar-refractivity contribution is 4.92. The largest absolute Gasteiger partial charge is 0.0625 e. The van der Waals surface area contributed by atoms with Gasteiger partial charge in [0.25, 0.3) is 0 Å². The average Bonchev–Trinajstić information content (AvgIpc) is 2.24. The summed E-state index contributed by atoms with van der Waals surface area (Å²) in [6.07, 6.45) is 9.02. The van der Waals surface area contributed by atoms with E-state index in [2.05, 4.69) is 20.8 Å². The Labute approximate surface area is 83.1 Å². The second-order valence-corrected chi connectivity index (χ2v) is 6.15. The minimum atomic E-state index is 0.661. The molecule has 3 unspecified atom stereocenters. The Kier molecular flexibility index (Phi) is 2.42. The van der Waals surface area contributed by atoms with Gasteiger partial charge in [0.2, 0.25) is 0 Å². The Morgan fingerprint density at radius 2 is 1.62 bits per heavy atom. The zero-order valence-corrected chi connectivity index (χ0v) is 9.47. The summed E-state index contributed by atoms with van der Waals surface area (Å²) in [5, 5.41) is 0. The SMILES string of the molecule is CC1CCC2CCC(C)(C)C2CC1. The lowest BCUT2D eigenvalue weighted by molar-refractivity contribution is 0.204. The van der Waals surface area contributed by atoms with Crippen molar-refractivity contribution < 1.29 is 0 Å². The van der Waals surface area contributed by atoms with Crippen LogP contribution in [0.15, 0.2) is 0 Å². The van der Waals surface area contributed by atoms with Crippen molar-refractivity contribution >= 4 is 0 Å². The molecular formula is C13H24. The van der Waals surface area contributed by atoms with Gasteiger partial charge in [-0.3, -0.25) is 0 Å². The number of hydrogen-bond donors (Lipinski definition) is 0. The highest BCUT2D eigenvalue weighted by Gasteiger charge is 2.42. The van der Waals surface area contributed by atoms with Gasteiger partial charge in [-0.25, -0.2) is 0 Å². The topological polar surface area (TPSA) is 0 Å². The molecule has 0 heteroatoms. The van der Waals surface area contributed by atoms with Crippen LogP contribution in [0.5, 0.6) is 0 Å². The molecule has 0 saturated heterocycles. The summed E-state index contributed by atoms with van der Waals surface area (Å²) in [4.78, 5) is 0. The van der Waals surface area contributed by atoms with Crippen LogP contribution in [0.3, 0.4) is 0 Å². The molecule has 3 atom stereocenters. The van der Waals surface area contributed by atoms with Crippen LogP contribution in [0, 0.1) is 23.2 Å². The molecule has 0 spiro atoms. The van der Waals surface area contributed by atoms with Gasteiger partial charge in [0.05, 0.1) is 0 Å². The van der Waals surface area contributed by atoms with Crippen molar-refractivity contribution in [3.63, 3.8) is 0 Å². The molecule has 76 valence electrons. The summed E-state index contributed by atoms with van der Waals surface area (Å²) in [6.45, 7) is 7.43. The number of fused-ring (bicyclic) bond motifs is 1. The lowest BCUT2D eigenvalue weighted by atomic mass is 9.76. The number of rotatable bonds is 0. The second kappa shape index (κ2) is 3.29. The van der Waals surface area contributed by atoms with Crippen molar-refractivity contribution in [2.45, 2.75) is 59.3 Å². The van der Waals surface area contributed by atoms with Gasteiger partial charge in [-0.2, -0.15) is 0 Å². The van der Waals surface area contributed by atoms with Crippen LogP contribution in [0.1, 0.15) is 59.3 Å². The van der Waals surface area contributed by atoms with E-state index in [1.54, 1.807) is 0 Å². The van der Waals surface area contributed by atoms with Gasteiger partial charge >= 0.3 is 0 Å². The van der Waals surface area contributed by atoms with Crippen LogP contribution >= 0.6 is 0 Å². The van der Waals surface area contributed by atoms with Gasteiger partial charge in [-0.05, 0) is 48.9 Å². The Morgan fingerprint density at radius 3 is 2.38 bits per heavy atom. The quantitative estimate of drug-likeness (QED) is 0.523. The van der Waals surface area contributed by atoms with Crippen molar-refractivity contribution in [3.05, 3.63) is 0 Å². The van der Waals surface area contributed by atoms with Crippen molar-refractivity contribution in [2.75, 3.05) is 0 Å². The van der Waals surface area contributed by atoms with E-state index in [0.29, 0.717) is 5.41 Å². The Bertz CT molecular complexity index is 180. The fourth-order valence-corrected chi connectivity index (χ4v) is 3.66. The van der Waals surface area contributed by atoms with Gasteiger partial charge in [0.15, 0.2) is 0 Å². The molecule has 13 heavy (non-hydrogen) atoms. The molecule has 0 radical (unpaired) electrons.